The first-order valence-electron chi connectivity index (χ1n) is 8.73. The molecule has 2 aliphatic carbocycles. The zero-order valence-electron chi connectivity index (χ0n) is 12.9. The molecule has 3 fully saturated rings. The molecule has 0 aromatic carbocycles. The van der Waals surface area contributed by atoms with Gasteiger partial charge in [0, 0.05) is 43.6 Å². The van der Waals surface area contributed by atoms with Gasteiger partial charge in [0.05, 0.1) is 0 Å². The zero-order chi connectivity index (χ0) is 14.1. The first kappa shape index (κ1) is 13.7. The Hall–Kier alpha value is -0.930. The molecule has 1 atom stereocenters. The van der Waals surface area contributed by atoms with Crippen LogP contribution < -0.4 is 5.32 Å². The summed E-state index contributed by atoms with van der Waals surface area (Å²) in [6, 6.07) is 5.05. The Balaban J connectivity index is 1.51. The highest BCUT2D eigenvalue weighted by Crippen LogP contribution is 2.40. The summed E-state index contributed by atoms with van der Waals surface area (Å²) in [4.78, 5) is 7.07. The molecule has 4 rings (SSSR count). The second kappa shape index (κ2) is 5.69. The van der Waals surface area contributed by atoms with Gasteiger partial charge in [0.2, 0.25) is 0 Å². The van der Waals surface area contributed by atoms with E-state index in [0.29, 0.717) is 5.54 Å². The summed E-state index contributed by atoms with van der Waals surface area (Å²) in [6.07, 6.45) is 13.8. The summed E-state index contributed by atoms with van der Waals surface area (Å²) in [7, 11) is 0. The lowest BCUT2D eigenvalue weighted by Crippen LogP contribution is -2.65. The Morgan fingerprint density at radius 2 is 2.10 bits per heavy atom. The molecule has 1 aromatic rings. The molecule has 1 aliphatic heterocycles. The monoisotopic (exact) mass is 285 g/mol. The van der Waals surface area contributed by atoms with E-state index in [1.807, 2.05) is 12.4 Å². The minimum absolute atomic E-state index is 0.409. The molecule has 21 heavy (non-hydrogen) atoms. The molecule has 1 saturated heterocycles. The molecular weight excluding hydrogens is 258 g/mol. The van der Waals surface area contributed by atoms with Gasteiger partial charge >= 0.3 is 0 Å². The lowest BCUT2D eigenvalue weighted by Gasteiger charge is -2.50. The molecule has 3 heteroatoms. The standard InChI is InChI=1S/C18H27N3/c1-2-8-18(9-3-1)14-21(13-15-5-4-10-19-11-15)17(12-20-18)16-6-7-16/h4-5,10-11,16-17,20H,1-3,6-9,12-14H2. The van der Waals surface area contributed by atoms with Gasteiger partial charge in [0.15, 0.2) is 0 Å². The SMILES string of the molecule is c1cncc(CN2CC3(CCCCC3)NCC2C2CC2)c1. The van der Waals surface area contributed by atoms with Crippen molar-refractivity contribution in [3.63, 3.8) is 0 Å². The first-order valence-corrected chi connectivity index (χ1v) is 8.73. The van der Waals surface area contributed by atoms with Crippen LogP contribution in [-0.2, 0) is 6.54 Å². The third kappa shape index (κ3) is 3.00. The largest absolute Gasteiger partial charge is 0.308 e. The highest BCUT2D eigenvalue weighted by Gasteiger charge is 2.44. The van der Waals surface area contributed by atoms with Crippen LogP contribution in [0.25, 0.3) is 0 Å². The van der Waals surface area contributed by atoms with Crippen molar-refractivity contribution in [1.82, 2.24) is 15.2 Å². The van der Waals surface area contributed by atoms with Gasteiger partial charge in [-0.15, -0.1) is 0 Å². The van der Waals surface area contributed by atoms with E-state index in [4.69, 9.17) is 0 Å². The van der Waals surface area contributed by atoms with Crippen LogP contribution in [0.2, 0.25) is 0 Å². The van der Waals surface area contributed by atoms with Gasteiger partial charge < -0.3 is 5.32 Å². The Morgan fingerprint density at radius 3 is 2.81 bits per heavy atom. The Labute approximate surface area is 128 Å². The molecule has 1 spiro atoms. The maximum atomic E-state index is 4.30. The Bertz CT molecular complexity index is 463. The number of hydrogen-bond acceptors (Lipinski definition) is 3. The summed E-state index contributed by atoms with van der Waals surface area (Å²) in [5.41, 5.74) is 1.78. The van der Waals surface area contributed by atoms with Gasteiger partial charge in [-0.25, -0.2) is 0 Å². The predicted molar refractivity (Wildman–Crippen MR) is 85.0 cm³/mol. The average molecular weight is 285 g/mol. The van der Waals surface area contributed by atoms with E-state index < -0.39 is 0 Å². The van der Waals surface area contributed by atoms with Gasteiger partial charge in [-0.1, -0.05) is 25.3 Å². The highest BCUT2D eigenvalue weighted by molar-refractivity contribution is 5.11. The lowest BCUT2D eigenvalue weighted by atomic mass is 9.79. The maximum absolute atomic E-state index is 4.30. The average Bonchev–Trinajstić information content (AvgIpc) is 3.34. The van der Waals surface area contributed by atoms with Crippen LogP contribution in [0.15, 0.2) is 24.5 Å². The summed E-state index contributed by atoms with van der Waals surface area (Å²) in [6.45, 7) is 3.52. The second-order valence-electron chi connectivity index (χ2n) is 7.39. The van der Waals surface area contributed by atoms with Crippen LogP contribution in [-0.4, -0.2) is 34.6 Å². The van der Waals surface area contributed by atoms with E-state index in [-0.39, 0.29) is 0 Å². The van der Waals surface area contributed by atoms with Gasteiger partial charge in [-0.2, -0.15) is 0 Å². The summed E-state index contributed by atoms with van der Waals surface area (Å²) in [5.74, 6) is 0.940. The van der Waals surface area contributed by atoms with E-state index in [1.54, 1.807) is 0 Å². The van der Waals surface area contributed by atoms with Crippen molar-refractivity contribution in [1.29, 1.82) is 0 Å². The number of hydrogen-bond donors (Lipinski definition) is 1. The molecule has 1 unspecified atom stereocenters. The van der Waals surface area contributed by atoms with Gasteiger partial charge in [-0.05, 0) is 43.2 Å². The third-order valence-corrected chi connectivity index (χ3v) is 5.75. The van der Waals surface area contributed by atoms with Gasteiger partial charge in [-0.3, -0.25) is 9.88 Å². The van der Waals surface area contributed by atoms with E-state index in [9.17, 15) is 0 Å². The zero-order valence-corrected chi connectivity index (χ0v) is 12.9. The lowest BCUT2D eigenvalue weighted by molar-refractivity contribution is 0.0408. The van der Waals surface area contributed by atoms with Crippen molar-refractivity contribution in [2.24, 2.45) is 5.92 Å². The van der Waals surface area contributed by atoms with Gasteiger partial charge in [0.1, 0.15) is 0 Å². The molecule has 0 radical (unpaired) electrons. The Kier molecular flexibility index (Phi) is 3.72. The van der Waals surface area contributed by atoms with E-state index in [0.717, 1.165) is 18.5 Å². The molecule has 0 amide bonds. The van der Waals surface area contributed by atoms with Crippen molar-refractivity contribution < 1.29 is 0 Å². The number of aromatic nitrogens is 1. The number of nitrogens with zero attached hydrogens (tertiary/aromatic N) is 2. The predicted octanol–water partition coefficient (Wildman–Crippen LogP) is 2.97. The van der Waals surface area contributed by atoms with Crippen molar-refractivity contribution >= 4 is 0 Å². The molecule has 2 saturated carbocycles. The molecule has 114 valence electrons. The molecule has 3 aliphatic rings. The summed E-state index contributed by atoms with van der Waals surface area (Å²) in [5, 5.41) is 3.96. The number of nitrogens with one attached hydrogen (secondary N) is 1. The van der Waals surface area contributed by atoms with Crippen LogP contribution in [0.1, 0.15) is 50.5 Å². The summed E-state index contributed by atoms with van der Waals surface area (Å²) >= 11 is 0. The van der Waals surface area contributed by atoms with E-state index >= 15 is 0 Å². The fraction of sp³-hybridized carbons (Fsp3) is 0.722. The number of pyridine rings is 1. The van der Waals surface area contributed by atoms with Crippen LogP contribution in [0.4, 0.5) is 0 Å². The van der Waals surface area contributed by atoms with Crippen molar-refractivity contribution in [2.45, 2.75) is 63.1 Å². The minimum Gasteiger partial charge on any atom is -0.308 e. The van der Waals surface area contributed by atoms with Crippen LogP contribution in [0.5, 0.6) is 0 Å². The molecule has 3 nitrogen and oxygen atoms in total. The summed E-state index contributed by atoms with van der Waals surface area (Å²) < 4.78 is 0. The maximum Gasteiger partial charge on any atom is 0.0312 e. The molecular formula is C18H27N3. The third-order valence-electron chi connectivity index (χ3n) is 5.75. The Morgan fingerprint density at radius 1 is 1.24 bits per heavy atom. The topological polar surface area (TPSA) is 28.2 Å². The van der Waals surface area contributed by atoms with Gasteiger partial charge in [0.25, 0.3) is 0 Å². The first-order chi connectivity index (χ1) is 10.3. The molecule has 2 heterocycles. The van der Waals surface area contributed by atoms with E-state index in [1.165, 1.54) is 63.6 Å². The van der Waals surface area contributed by atoms with Crippen molar-refractivity contribution in [3.05, 3.63) is 30.1 Å². The fourth-order valence-corrected chi connectivity index (χ4v) is 4.42. The van der Waals surface area contributed by atoms with Crippen LogP contribution in [0, 0.1) is 5.92 Å². The van der Waals surface area contributed by atoms with Crippen molar-refractivity contribution in [3.8, 4) is 0 Å². The van der Waals surface area contributed by atoms with Crippen molar-refractivity contribution in [2.75, 3.05) is 13.1 Å². The molecule has 1 aromatic heterocycles. The smallest absolute Gasteiger partial charge is 0.0312 e. The molecule has 1 N–H and O–H groups in total. The second-order valence-corrected chi connectivity index (χ2v) is 7.39. The normalized spacial score (nSPS) is 29.6. The quantitative estimate of drug-likeness (QED) is 0.925. The van der Waals surface area contributed by atoms with E-state index in [2.05, 4.69) is 27.3 Å². The van der Waals surface area contributed by atoms with Crippen LogP contribution >= 0.6 is 0 Å². The highest BCUT2D eigenvalue weighted by atomic mass is 15.3. The number of rotatable bonds is 3. The fourth-order valence-electron chi connectivity index (χ4n) is 4.42. The molecule has 0 bridgehead atoms. The number of piperazine rings is 1. The van der Waals surface area contributed by atoms with Crippen LogP contribution in [0.3, 0.4) is 0 Å². The minimum atomic E-state index is 0.409.